The van der Waals surface area contributed by atoms with Gasteiger partial charge in [0.15, 0.2) is 0 Å². The van der Waals surface area contributed by atoms with Crippen LogP contribution in [-0.2, 0) is 7.05 Å². The molecule has 1 atom stereocenters. The maximum atomic E-state index is 4.27. The molecular weight excluding hydrogens is 216 g/mol. The van der Waals surface area contributed by atoms with E-state index in [2.05, 4.69) is 39.4 Å². The first-order chi connectivity index (χ1) is 8.24. The van der Waals surface area contributed by atoms with E-state index in [1.165, 1.54) is 6.33 Å². The maximum absolute atomic E-state index is 4.27. The van der Waals surface area contributed by atoms with E-state index in [0.717, 1.165) is 30.0 Å². The fraction of sp³-hybridized carbons (Fsp3) is 0.545. The highest BCUT2D eigenvalue weighted by Crippen LogP contribution is 2.21. The minimum Gasteiger partial charge on any atom is -0.302 e. The zero-order valence-corrected chi connectivity index (χ0v) is 10.4. The summed E-state index contributed by atoms with van der Waals surface area (Å²) in [5.41, 5.74) is 2.27. The SMILES string of the molecule is CCCNC(c1ncn[nH]1)c1c(C)cnn1C. The Hall–Kier alpha value is -1.69. The van der Waals surface area contributed by atoms with Crippen molar-refractivity contribution < 1.29 is 0 Å². The van der Waals surface area contributed by atoms with Crippen molar-refractivity contribution >= 4 is 0 Å². The summed E-state index contributed by atoms with van der Waals surface area (Å²) in [7, 11) is 1.94. The van der Waals surface area contributed by atoms with Crippen LogP contribution in [0.15, 0.2) is 12.5 Å². The number of nitrogens with zero attached hydrogens (tertiary/aromatic N) is 4. The summed E-state index contributed by atoms with van der Waals surface area (Å²) >= 11 is 0. The molecule has 1 unspecified atom stereocenters. The van der Waals surface area contributed by atoms with Crippen molar-refractivity contribution in [1.82, 2.24) is 30.3 Å². The van der Waals surface area contributed by atoms with Crippen LogP contribution in [0, 0.1) is 6.92 Å². The predicted molar refractivity (Wildman–Crippen MR) is 64.5 cm³/mol. The second-order valence-electron chi connectivity index (χ2n) is 4.09. The molecule has 17 heavy (non-hydrogen) atoms. The van der Waals surface area contributed by atoms with Crippen molar-refractivity contribution in [3.05, 3.63) is 29.6 Å². The molecule has 2 aromatic rings. The Bertz CT molecular complexity index is 439. The molecule has 92 valence electrons. The maximum Gasteiger partial charge on any atom is 0.147 e. The van der Waals surface area contributed by atoms with Crippen LogP contribution in [0.3, 0.4) is 0 Å². The molecule has 2 heterocycles. The highest BCUT2D eigenvalue weighted by atomic mass is 15.3. The summed E-state index contributed by atoms with van der Waals surface area (Å²) in [4.78, 5) is 4.24. The number of aromatic nitrogens is 5. The Morgan fingerprint density at radius 1 is 1.53 bits per heavy atom. The second kappa shape index (κ2) is 5.09. The third kappa shape index (κ3) is 2.36. The first-order valence-corrected chi connectivity index (χ1v) is 5.81. The number of aromatic amines is 1. The van der Waals surface area contributed by atoms with Gasteiger partial charge < -0.3 is 5.32 Å². The van der Waals surface area contributed by atoms with Gasteiger partial charge in [-0.05, 0) is 25.5 Å². The number of hydrogen-bond acceptors (Lipinski definition) is 4. The Morgan fingerprint density at radius 3 is 2.88 bits per heavy atom. The number of aryl methyl sites for hydroxylation is 2. The summed E-state index contributed by atoms with van der Waals surface area (Å²) in [5.74, 6) is 0.824. The molecule has 0 saturated heterocycles. The van der Waals surface area contributed by atoms with Gasteiger partial charge in [-0.25, -0.2) is 4.98 Å². The molecule has 0 saturated carbocycles. The molecule has 0 amide bonds. The Kier molecular flexibility index (Phi) is 3.53. The minimum atomic E-state index is 0.0185. The van der Waals surface area contributed by atoms with Crippen molar-refractivity contribution in [2.75, 3.05) is 6.54 Å². The molecule has 0 bridgehead atoms. The van der Waals surface area contributed by atoms with Crippen LogP contribution in [0.25, 0.3) is 0 Å². The monoisotopic (exact) mass is 234 g/mol. The lowest BCUT2D eigenvalue weighted by atomic mass is 10.1. The van der Waals surface area contributed by atoms with Crippen LogP contribution >= 0.6 is 0 Å². The fourth-order valence-corrected chi connectivity index (χ4v) is 1.94. The Morgan fingerprint density at radius 2 is 2.35 bits per heavy atom. The molecule has 0 radical (unpaired) electrons. The van der Waals surface area contributed by atoms with Crippen molar-refractivity contribution in [1.29, 1.82) is 0 Å². The van der Waals surface area contributed by atoms with Crippen LogP contribution in [0.4, 0.5) is 0 Å². The minimum absolute atomic E-state index is 0.0185. The molecule has 0 aliphatic heterocycles. The van der Waals surface area contributed by atoms with E-state index in [-0.39, 0.29) is 6.04 Å². The van der Waals surface area contributed by atoms with Gasteiger partial charge in [-0.1, -0.05) is 6.92 Å². The van der Waals surface area contributed by atoms with E-state index in [0.29, 0.717) is 0 Å². The summed E-state index contributed by atoms with van der Waals surface area (Å²) < 4.78 is 1.88. The zero-order valence-electron chi connectivity index (χ0n) is 10.4. The van der Waals surface area contributed by atoms with Gasteiger partial charge in [0.1, 0.15) is 18.2 Å². The number of hydrogen-bond donors (Lipinski definition) is 2. The van der Waals surface area contributed by atoms with Gasteiger partial charge >= 0.3 is 0 Å². The topological polar surface area (TPSA) is 71.4 Å². The average molecular weight is 234 g/mol. The Labute approximate surface area is 100 Å². The van der Waals surface area contributed by atoms with Gasteiger partial charge in [-0.3, -0.25) is 9.78 Å². The van der Waals surface area contributed by atoms with Crippen molar-refractivity contribution in [2.24, 2.45) is 7.05 Å². The molecule has 2 rings (SSSR count). The third-order valence-corrected chi connectivity index (χ3v) is 2.76. The molecule has 0 spiro atoms. The fourth-order valence-electron chi connectivity index (χ4n) is 1.94. The van der Waals surface area contributed by atoms with Gasteiger partial charge in [-0.2, -0.15) is 10.2 Å². The Balaban J connectivity index is 2.33. The normalized spacial score (nSPS) is 12.9. The van der Waals surface area contributed by atoms with Crippen molar-refractivity contribution in [3.8, 4) is 0 Å². The summed E-state index contributed by atoms with van der Waals surface area (Å²) in [5, 5.41) is 14.6. The van der Waals surface area contributed by atoms with E-state index >= 15 is 0 Å². The van der Waals surface area contributed by atoms with Crippen LogP contribution in [0.1, 0.15) is 36.5 Å². The van der Waals surface area contributed by atoms with Crippen LogP contribution < -0.4 is 5.32 Å². The molecule has 2 N–H and O–H groups in total. The van der Waals surface area contributed by atoms with Crippen LogP contribution in [0.5, 0.6) is 0 Å². The van der Waals surface area contributed by atoms with Crippen LogP contribution in [0.2, 0.25) is 0 Å². The van der Waals surface area contributed by atoms with Gasteiger partial charge in [0, 0.05) is 7.05 Å². The van der Waals surface area contributed by atoms with E-state index in [1.807, 2.05) is 17.9 Å². The van der Waals surface area contributed by atoms with Gasteiger partial charge in [0.25, 0.3) is 0 Å². The smallest absolute Gasteiger partial charge is 0.147 e. The second-order valence-corrected chi connectivity index (χ2v) is 4.09. The first kappa shape index (κ1) is 11.8. The number of rotatable bonds is 5. The molecule has 0 aliphatic rings. The van der Waals surface area contributed by atoms with Crippen molar-refractivity contribution in [3.63, 3.8) is 0 Å². The van der Waals surface area contributed by atoms with Gasteiger partial charge in [-0.15, -0.1) is 0 Å². The standard InChI is InChI=1S/C11H18N6/c1-4-5-12-9(11-13-7-14-16-11)10-8(2)6-15-17(10)3/h6-7,9,12H,4-5H2,1-3H3,(H,13,14,16). The number of H-pyrrole nitrogens is 1. The predicted octanol–water partition coefficient (Wildman–Crippen LogP) is 0.936. The summed E-state index contributed by atoms with van der Waals surface area (Å²) in [6.07, 6.45) is 4.47. The largest absolute Gasteiger partial charge is 0.302 e. The van der Waals surface area contributed by atoms with Crippen LogP contribution in [-0.4, -0.2) is 31.5 Å². The third-order valence-electron chi connectivity index (χ3n) is 2.76. The lowest BCUT2D eigenvalue weighted by Gasteiger charge is -2.17. The quantitative estimate of drug-likeness (QED) is 0.807. The average Bonchev–Trinajstić information content (AvgIpc) is 2.93. The van der Waals surface area contributed by atoms with Crippen molar-refractivity contribution in [2.45, 2.75) is 26.3 Å². The molecular formula is C11H18N6. The van der Waals surface area contributed by atoms with E-state index < -0.39 is 0 Å². The highest BCUT2D eigenvalue weighted by molar-refractivity contribution is 5.24. The first-order valence-electron chi connectivity index (χ1n) is 5.81. The molecule has 0 aromatic carbocycles. The lowest BCUT2D eigenvalue weighted by molar-refractivity contribution is 0.531. The molecule has 6 nitrogen and oxygen atoms in total. The zero-order chi connectivity index (χ0) is 12.3. The summed E-state index contributed by atoms with van der Waals surface area (Å²) in [6.45, 7) is 5.12. The van der Waals surface area contributed by atoms with Gasteiger partial charge in [0.05, 0.1) is 11.9 Å². The molecule has 0 fully saturated rings. The lowest BCUT2D eigenvalue weighted by Crippen LogP contribution is -2.27. The van der Waals surface area contributed by atoms with E-state index in [1.54, 1.807) is 0 Å². The van der Waals surface area contributed by atoms with E-state index in [4.69, 9.17) is 0 Å². The summed E-state index contributed by atoms with van der Waals surface area (Å²) in [6, 6.07) is 0.0185. The highest BCUT2D eigenvalue weighted by Gasteiger charge is 2.21. The van der Waals surface area contributed by atoms with E-state index in [9.17, 15) is 0 Å². The number of nitrogens with one attached hydrogen (secondary N) is 2. The van der Waals surface area contributed by atoms with Gasteiger partial charge in [0.2, 0.25) is 0 Å². The molecule has 2 aromatic heterocycles. The molecule has 6 heteroatoms. The molecule has 0 aliphatic carbocycles.